The predicted octanol–water partition coefficient (Wildman–Crippen LogP) is 4.60. The van der Waals surface area contributed by atoms with Crippen LogP contribution in [-0.4, -0.2) is 18.5 Å². The van der Waals surface area contributed by atoms with Crippen molar-refractivity contribution in [2.24, 2.45) is 0 Å². The van der Waals surface area contributed by atoms with Crippen molar-refractivity contribution in [2.75, 3.05) is 11.9 Å². The molecule has 1 N–H and O–H groups in total. The van der Waals surface area contributed by atoms with Crippen LogP contribution >= 0.6 is 11.6 Å². The van der Waals surface area contributed by atoms with Crippen molar-refractivity contribution in [3.05, 3.63) is 76.8 Å². The number of carbonyl (C=O) groups is 2. The standard InChI is InChI=1S/C20H16ClNO3/c1-13-6-9-17(21)11-18(13)22-19(23)12-25-20(24)16-8-7-14-4-2-3-5-15(14)10-16/h2-11H,12H2,1H3,(H,22,23). The van der Waals surface area contributed by atoms with Crippen molar-refractivity contribution >= 4 is 39.9 Å². The number of ether oxygens (including phenoxy) is 1. The molecule has 0 aliphatic carbocycles. The first-order valence-electron chi connectivity index (χ1n) is 7.75. The minimum absolute atomic E-state index is 0.363. The van der Waals surface area contributed by atoms with Crippen LogP contribution in [0.2, 0.25) is 5.02 Å². The Morgan fingerprint density at radius 1 is 1.00 bits per heavy atom. The lowest BCUT2D eigenvalue weighted by atomic mass is 10.1. The van der Waals surface area contributed by atoms with E-state index in [-0.39, 0.29) is 6.61 Å². The van der Waals surface area contributed by atoms with Gasteiger partial charge in [-0.25, -0.2) is 4.79 Å². The van der Waals surface area contributed by atoms with Gasteiger partial charge in [-0.1, -0.05) is 48.0 Å². The molecule has 3 rings (SSSR count). The summed E-state index contributed by atoms with van der Waals surface area (Å²) in [6, 6.07) is 18.2. The molecule has 0 spiro atoms. The van der Waals surface area contributed by atoms with Crippen LogP contribution in [0.25, 0.3) is 10.8 Å². The zero-order valence-corrected chi connectivity index (χ0v) is 14.3. The van der Waals surface area contributed by atoms with Crippen LogP contribution in [0.4, 0.5) is 5.69 Å². The van der Waals surface area contributed by atoms with Crippen LogP contribution in [0.15, 0.2) is 60.7 Å². The van der Waals surface area contributed by atoms with Crippen molar-refractivity contribution in [3.63, 3.8) is 0 Å². The lowest BCUT2D eigenvalue weighted by Gasteiger charge is -2.09. The Bertz CT molecular complexity index is 953. The molecule has 0 unspecified atom stereocenters. The summed E-state index contributed by atoms with van der Waals surface area (Å²) in [5.41, 5.74) is 1.88. The fourth-order valence-corrected chi connectivity index (χ4v) is 2.62. The Morgan fingerprint density at radius 3 is 2.56 bits per heavy atom. The van der Waals surface area contributed by atoms with Crippen molar-refractivity contribution < 1.29 is 14.3 Å². The van der Waals surface area contributed by atoms with Gasteiger partial charge >= 0.3 is 5.97 Å². The maximum absolute atomic E-state index is 12.1. The topological polar surface area (TPSA) is 55.4 Å². The number of amides is 1. The monoisotopic (exact) mass is 353 g/mol. The van der Waals surface area contributed by atoms with Gasteiger partial charge in [0.15, 0.2) is 6.61 Å². The van der Waals surface area contributed by atoms with Crippen molar-refractivity contribution in [3.8, 4) is 0 Å². The first-order chi connectivity index (χ1) is 12.0. The Balaban J connectivity index is 1.62. The first kappa shape index (κ1) is 17.0. The number of hydrogen-bond donors (Lipinski definition) is 1. The quantitative estimate of drug-likeness (QED) is 0.697. The van der Waals surface area contributed by atoms with Gasteiger partial charge in [0.05, 0.1) is 5.56 Å². The highest BCUT2D eigenvalue weighted by atomic mass is 35.5. The third kappa shape index (κ3) is 4.17. The summed E-state index contributed by atoms with van der Waals surface area (Å²) in [5.74, 6) is -0.955. The van der Waals surface area contributed by atoms with Gasteiger partial charge in [0.1, 0.15) is 0 Å². The Labute approximate surface area is 150 Å². The van der Waals surface area contributed by atoms with Gasteiger partial charge in [0.2, 0.25) is 0 Å². The van der Waals surface area contributed by atoms with Crippen LogP contribution < -0.4 is 5.32 Å². The third-order valence-corrected chi connectivity index (χ3v) is 4.03. The smallest absolute Gasteiger partial charge is 0.338 e. The number of nitrogens with one attached hydrogen (secondary N) is 1. The molecule has 0 radical (unpaired) electrons. The molecule has 4 nitrogen and oxygen atoms in total. The number of carbonyl (C=O) groups excluding carboxylic acids is 2. The molecule has 0 aliphatic rings. The molecule has 3 aromatic carbocycles. The van der Waals surface area contributed by atoms with E-state index >= 15 is 0 Å². The molecule has 0 bridgehead atoms. The van der Waals surface area contributed by atoms with E-state index < -0.39 is 11.9 Å². The molecule has 0 aromatic heterocycles. The molecule has 0 aliphatic heterocycles. The van der Waals surface area contributed by atoms with Crippen LogP contribution in [0.5, 0.6) is 0 Å². The molecule has 0 saturated heterocycles. The summed E-state index contributed by atoms with van der Waals surface area (Å²) in [5, 5.41) is 5.19. The summed E-state index contributed by atoms with van der Waals surface area (Å²) in [4.78, 5) is 24.1. The Hall–Kier alpha value is -2.85. The molecule has 0 atom stereocenters. The highest BCUT2D eigenvalue weighted by Crippen LogP contribution is 2.20. The molecule has 5 heteroatoms. The van der Waals surface area contributed by atoms with Gasteiger partial charge < -0.3 is 10.1 Å². The van der Waals surface area contributed by atoms with Crippen LogP contribution in [0.1, 0.15) is 15.9 Å². The lowest BCUT2D eigenvalue weighted by Crippen LogP contribution is -2.21. The van der Waals surface area contributed by atoms with Crippen molar-refractivity contribution in [1.82, 2.24) is 0 Å². The van der Waals surface area contributed by atoms with Gasteiger partial charge in [-0.3, -0.25) is 4.79 Å². The van der Waals surface area contributed by atoms with Gasteiger partial charge in [-0.05, 0) is 47.5 Å². The summed E-state index contributed by atoms with van der Waals surface area (Å²) >= 11 is 5.92. The van der Waals surface area contributed by atoms with E-state index in [1.807, 2.05) is 37.3 Å². The third-order valence-electron chi connectivity index (χ3n) is 3.79. The average Bonchev–Trinajstić information content (AvgIpc) is 2.62. The van der Waals surface area contributed by atoms with Gasteiger partial charge in [0, 0.05) is 10.7 Å². The molecule has 1 amide bonds. The van der Waals surface area contributed by atoms with Gasteiger partial charge in [0.25, 0.3) is 5.91 Å². The van der Waals surface area contributed by atoms with E-state index in [4.69, 9.17) is 16.3 Å². The number of halogens is 1. The van der Waals surface area contributed by atoms with Crippen LogP contribution in [-0.2, 0) is 9.53 Å². The summed E-state index contributed by atoms with van der Waals surface area (Å²) in [7, 11) is 0. The number of anilines is 1. The zero-order valence-electron chi connectivity index (χ0n) is 13.6. The Kier molecular flexibility index (Phi) is 5.00. The van der Waals surface area contributed by atoms with E-state index in [9.17, 15) is 9.59 Å². The number of esters is 1. The summed E-state index contributed by atoms with van der Waals surface area (Å²) < 4.78 is 5.10. The lowest BCUT2D eigenvalue weighted by molar-refractivity contribution is -0.119. The van der Waals surface area contributed by atoms with E-state index in [0.717, 1.165) is 16.3 Å². The number of hydrogen-bond acceptors (Lipinski definition) is 3. The van der Waals surface area contributed by atoms with Gasteiger partial charge in [-0.2, -0.15) is 0 Å². The zero-order chi connectivity index (χ0) is 17.8. The highest BCUT2D eigenvalue weighted by molar-refractivity contribution is 6.31. The average molecular weight is 354 g/mol. The molecule has 0 fully saturated rings. The minimum Gasteiger partial charge on any atom is -0.452 e. The second-order valence-electron chi connectivity index (χ2n) is 5.65. The van der Waals surface area contributed by atoms with E-state index in [2.05, 4.69) is 5.32 Å². The molecule has 3 aromatic rings. The number of fused-ring (bicyclic) bond motifs is 1. The number of aryl methyl sites for hydroxylation is 1. The molecule has 126 valence electrons. The van der Waals surface area contributed by atoms with Crippen molar-refractivity contribution in [1.29, 1.82) is 0 Å². The molecule has 0 saturated carbocycles. The number of benzene rings is 3. The van der Waals surface area contributed by atoms with E-state index in [1.165, 1.54) is 0 Å². The Morgan fingerprint density at radius 2 is 1.76 bits per heavy atom. The van der Waals surface area contributed by atoms with Gasteiger partial charge in [-0.15, -0.1) is 0 Å². The maximum Gasteiger partial charge on any atom is 0.338 e. The van der Waals surface area contributed by atoms with Crippen LogP contribution in [0.3, 0.4) is 0 Å². The summed E-state index contributed by atoms with van der Waals surface area (Å²) in [6.45, 7) is 1.49. The largest absolute Gasteiger partial charge is 0.452 e. The normalized spacial score (nSPS) is 10.5. The molecule has 25 heavy (non-hydrogen) atoms. The first-order valence-corrected chi connectivity index (χ1v) is 8.12. The SMILES string of the molecule is Cc1ccc(Cl)cc1NC(=O)COC(=O)c1ccc2ccccc2c1. The van der Waals surface area contributed by atoms with E-state index in [0.29, 0.717) is 16.3 Å². The minimum atomic E-state index is -0.538. The number of rotatable bonds is 4. The fourth-order valence-electron chi connectivity index (χ4n) is 2.45. The second-order valence-corrected chi connectivity index (χ2v) is 6.08. The summed E-state index contributed by atoms with van der Waals surface area (Å²) in [6.07, 6.45) is 0. The predicted molar refractivity (Wildman–Crippen MR) is 99.0 cm³/mol. The highest BCUT2D eigenvalue weighted by Gasteiger charge is 2.12. The van der Waals surface area contributed by atoms with E-state index in [1.54, 1.807) is 30.3 Å². The fraction of sp³-hybridized carbons (Fsp3) is 0.100. The molecular formula is C20H16ClNO3. The molecular weight excluding hydrogens is 338 g/mol. The van der Waals surface area contributed by atoms with Crippen molar-refractivity contribution in [2.45, 2.75) is 6.92 Å². The second kappa shape index (κ2) is 7.36. The maximum atomic E-state index is 12.1. The molecule has 0 heterocycles. The van der Waals surface area contributed by atoms with Crippen LogP contribution in [0, 0.1) is 6.92 Å².